The minimum absolute atomic E-state index is 0.175. The summed E-state index contributed by atoms with van der Waals surface area (Å²) in [5, 5.41) is 19.9. The molecule has 0 amide bonds. The first-order valence-corrected chi connectivity index (χ1v) is 7.76. The van der Waals surface area contributed by atoms with Crippen molar-refractivity contribution in [2.24, 2.45) is 10.9 Å². The molecular formula is C14H25N3OS. The lowest BCUT2D eigenvalue weighted by atomic mass is 10.1. The molecule has 1 heterocycles. The van der Waals surface area contributed by atoms with Crippen molar-refractivity contribution in [2.45, 2.75) is 26.7 Å². The number of nitrogens with zero attached hydrogens (tertiary/aromatic N) is 1. The number of hydrogen-bond acceptors (Lipinski definition) is 3. The monoisotopic (exact) mass is 283 g/mol. The molecule has 0 fully saturated rings. The van der Waals surface area contributed by atoms with E-state index in [-0.39, 0.29) is 12.5 Å². The fraction of sp³-hybridized carbons (Fsp3) is 0.643. The molecule has 2 atom stereocenters. The number of nitrogens with one attached hydrogen (secondary N) is 2. The van der Waals surface area contributed by atoms with Crippen molar-refractivity contribution in [2.75, 3.05) is 26.2 Å². The zero-order valence-corrected chi connectivity index (χ0v) is 12.8. The number of rotatable bonds is 7. The van der Waals surface area contributed by atoms with Crippen molar-refractivity contribution in [1.29, 1.82) is 0 Å². The minimum atomic E-state index is 0.175. The Morgan fingerprint density at radius 2 is 2.21 bits per heavy atom. The van der Waals surface area contributed by atoms with Crippen LogP contribution in [0.4, 0.5) is 0 Å². The van der Waals surface area contributed by atoms with Crippen LogP contribution in [0.25, 0.3) is 0 Å². The Morgan fingerprint density at radius 1 is 1.42 bits per heavy atom. The van der Waals surface area contributed by atoms with Crippen LogP contribution in [0.15, 0.2) is 21.8 Å². The highest BCUT2D eigenvalue weighted by Crippen LogP contribution is 2.16. The topological polar surface area (TPSA) is 56.7 Å². The van der Waals surface area contributed by atoms with E-state index in [1.165, 1.54) is 5.56 Å². The summed E-state index contributed by atoms with van der Waals surface area (Å²) in [7, 11) is 0. The SMILES string of the molecule is CCNC(=NCC(C)CO)NCC(C)c1ccsc1. The predicted molar refractivity (Wildman–Crippen MR) is 83.0 cm³/mol. The Morgan fingerprint density at radius 3 is 2.79 bits per heavy atom. The summed E-state index contributed by atoms with van der Waals surface area (Å²) in [5.41, 5.74) is 1.36. The molecule has 108 valence electrons. The largest absolute Gasteiger partial charge is 0.396 e. The molecule has 1 aromatic rings. The van der Waals surface area contributed by atoms with Crippen LogP contribution in [0, 0.1) is 5.92 Å². The van der Waals surface area contributed by atoms with E-state index < -0.39 is 0 Å². The molecule has 1 rings (SSSR count). The van der Waals surface area contributed by atoms with Gasteiger partial charge in [0.2, 0.25) is 0 Å². The maximum atomic E-state index is 9.01. The highest BCUT2D eigenvalue weighted by atomic mass is 32.1. The molecule has 0 bridgehead atoms. The van der Waals surface area contributed by atoms with Crippen LogP contribution in [-0.2, 0) is 0 Å². The van der Waals surface area contributed by atoms with E-state index in [0.717, 1.165) is 19.0 Å². The van der Waals surface area contributed by atoms with Gasteiger partial charge in [-0.1, -0.05) is 13.8 Å². The highest BCUT2D eigenvalue weighted by molar-refractivity contribution is 7.07. The number of hydrogen-bond donors (Lipinski definition) is 3. The maximum Gasteiger partial charge on any atom is 0.191 e. The molecule has 0 aliphatic rings. The van der Waals surface area contributed by atoms with Gasteiger partial charge in [0.15, 0.2) is 5.96 Å². The second-order valence-corrected chi connectivity index (χ2v) is 5.63. The van der Waals surface area contributed by atoms with Crippen LogP contribution in [0.3, 0.4) is 0 Å². The van der Waals surface area contributed by atoms with E-state index in [4.69, 9.17) is 5.11 Å². The van der Waals surface area contributed by atoms with Gasteiger partial charge >= 0.3 is 0 Å². The third-order valence-electron chi connectivity index (χ3n) is 2.90. The Bertz CT molecular complexity index is 365. The fourth-order valence-electron chi connectivity index (χ4n) is 1.57. The van der Waals surface area contributed by atoms with Gasteiger partial charge in [0, 0.05) is 26.2 Å². The molecule has 5 heteroatoms. The third kappa shape index (κ3) is 6.07. The van der Waals surface area contributed by atoms with Gasteiger partial charge in [-0.2, -0.15) is 11.3 Å². The molecule has 0 aliphatic heterocycles. The third-order valence-corrected chi connectivity index (χ3v) is 3.61. The zero-order chi connectivity index (χ0) is 14.1. The van der Waals surface area contributed by atoms with Gasteiger partial charge in [0.05, 0.1) is 0 Å². The van der Waals surface area contributed by atoms with Crippen molar-refractivity contribution in [3.63, 3.8) is 0 Å². The Hall–Kier alpha value is -1.07. The van der Waals surface area contributed by atoms with E-state index in [0.29, 0.717) is 12.5 Å². The summed E-state index contributed by atoms with van der Waals surface area (Å²) in [5.74, 6) is 1.49. The van der Waals surface area contributed by atoms with E-state index in [1.54, 1.807) is 11.3 Å². The van der Waals surface area contributed by atoms with Crippen molar-refractivity contribution in [1.82, 2.24) is 10.6 Å². The van der Waals surface area contributed by atoms with Gasteiger partial charge in [-0.05, 0) is 41.1 Å². The first-order valence-electron chi connectivity index (χ1n) is 6.82. The molecule has 4 nitrogen and oxygen atoms in total. The lowest BCUT2D eigenvalue weighted by molar-refractivity contribution is 0.241. The summed E-state index contributed by atoms with van der Waals surface area (Å²) in [4.78, 5) is 4.47. The number of aliphatic hydroxyl groups is 1. The second kappa shape index (κ2) is 8.93. The number of aliphatic hydroxyl groups excluding tert-OH is 1. The van der Waals surface area contributed by atoms with Crippen LogP contribution in [0.2, 0.25) is 0 Å². The van der Waals surface area contributed by atoms with Crippen LogP contribution in [0.5, 0.6) is 0 Å². The maximum absolute atomic E-state index is 9.01. The second-order valence-electron chi connectivity index (χ2n) is 4.85. The molecule has 1 aromatic heterocycles. The van der Waals surface area contributed by atoms with Crippen molar-refractivity contribution in [3.8, 4) is 0 Å². The molecule has 0 saturated heterocycles. The molecule has 0 aromatic carbocycles. The lowest BCUT2D eigenvalue weighted by Gasteiger charge is -2.15. The first kappa shape index (κ1) is 16.0. The summed E-state index contributed by atoms with van der Waals surface area (Å²) < 4.78 is 0. The average Bonchev–Trinajstić information content (AvgIpc) is 2.95. The number of thiophene rings is 1. The zero-order valence-electron chi connectivity index (χ0n) is 12.0. The van der Waals surface area contributed by atoms with E-state index >= 15 is 0 Å². The smallest absolute Gasteiger partial charge is 0.191 e. The van der Waals surface area contributed by atoms with Crippen molar-refractivity contribution >= 4 is 17.3 Å². The van der Waals surface area contributed by atoms with Gasteiger partial charge in [-0.25, -0.2) is 0 Å². The molecule has 3 N–H and O–H groups in total. The van der Waals surface area contributed by atoms with Gasteiger partial charge in [-0.15, -0.1) is 0 Å². The molecule has 2 unspecified atom stereocenters. The normalized spacial score (nSPS) is 15.1. The van der Waals surface area contributed by atoms with Gasteiger partial charge in [0.25, 0.3) is 0 Å². The molecule has 0 saturated carbocycles. The Balaban J connectivity index is 2.44. The summed E-state index contributed by atoms with van der Waals surface area (Å²) in [6, 6.07) is 2.16. The molecule has 0 radical (unpaired) electrons. The molecule has 0 aliphatic carbocycles. The summed E-state index contributed by atoms with van der Waals surface area (Å²) in [6.07, 6.45) is 0. The summed E-state index contributed by atoms with van der Waals surface area (Å²) in [6.45, 7) is 8.75. The highest BCUT2D eigenvalue weighted by Gasteiger charge is 2.07. The summed E-state index contributed by atoms with van der Waals surface area (Å²) >= 11 is 1.73. The van der Waals surface area contributed by atoms with Crippen LogP contribution < -0.4 is 10.6 Å². The van der Waals surface area contributed by atoms with E-state index in [9.17, 15) is 0 Å². The Kier molecular flexibility index (Phi) is 7.52. The average molecular weight is 283 g/mol. The molecular weight excluding hydrogens is 258 g/mol. The lowest BCUT2D eigenvalue weighted by Crippen LogP contribution is -2.39. The van der Waals surface area contributed by atoms with Crippen molar-refractivity contribution in [3.05, 3.63) is 22.4 Å². The number of aliphatic imine (C=N–C) groups is 1. The predicted octanol–water partition coefficient (Wildman–Crippen LogP) is 2.04. The van der Waals surface area contributed by atoms with Gasteiger partial charge in [-0.3, -0.25) is 4.99 Å². The van der Waals surface area contributed by atoms with Gasteiger partial charge in [0.1, 0.15) is 0 Å². The molecule has 19 heavy (non-hydrogen) atoms. The van der Waals surface area contributed by atoms with Crippen LogP contribution in [0.1, 0.15) is 32.3 Å². The standard InChI is InChI=1S/C14H25N3OS/c1-4-15-14(16-7-11(2)9-18)17-8-12(3)13-5-6-19-10-13/h5-6,10-12,18H,4,7-9H2,1-3H3,(H2,15,16,17). The van der Waals surface area contributed by atoms with Crippen LogP contribution >= 0.6 is 11.3 Å². The van der Waals surface area contributed by atoms with Crippen LogP contribution in [-0.4, -0.2) is 37.3 Å². The fourth-order valence-corrected chi connectivity index (χ4v) is 2.35. The molecule has 0 spiro atoms. The first-order chi connectivity index (χ1) is 9.17. The van der Waals surface area contributed by atoms with E-state index in [2.05, 4.69) is 46.3 Å². The van der Waals surface area contributed by atoms with E-state index in [1.807, 2.05) is 6.92 Å². The van der Waals surface area contributed by atoms with Crippen molar-refractivity contribution < 1.29 is 5.11 Å². The minimum Gasteiger partial charge on any atom is -0.396 e. The van der Waals surface area contributed by atoms with Gasteiger partial charge < -0.3 is 15.7 Å². The quantitative estimate of drug-likeness (QED) is 0.530. The Labute approximate surface area is 120 Å². The number of guanidine groups is 1.